The van der Waals surface area contributed by atoms with E-state index in [0.717, 1.165) is 38.9 Å². The summed E-state index contributed by atoms with van der Waals surface area (Å²) in [5, 5.41) is 12.3. The maximum Gasteiger partial charge on any atom is 0.300 e. The Kier molecular flexibility index (Phi) is 5.13. The number of ketones is 1. The second kappa shape index (κ2) is 8.03. The number of carbonyl (C=O) groups excluding carboxylic acids is 2. The molecule has 1 aliphatic rings. The fourth-order valence-electron chi connectivity index (χ4n) is 4.98. The summed E-state index contributed by atoms with van der Waals surface area (Å²) < 4.78 is 0. The van der Waals surface area contributed by atoms with Gasteiger partial charge in [0.2, 0.25) is 0 Å². The molecule has 5 rings (SSSR count). The first kappa shape index (κ1) is 21.7. The van der Waals surface area contributed by atoms with E-state index in [0.29, 0.717) is 11.3 Å². The number of para-hydroxylation sites is 1. The molecule has 0 spiro atoms. The molecule has 5 heteroatoms. The SMILES string of the molecule is Cc1ccc(/C(O)=C2\C(=O)C(=O)N(c3cc(C)cc(C)c3)C2c2c(C)[nH]c3ccccc23)cc1. The molecule has 1 aliphatic heterocycles. The third kappa shape index (κ3) is 3.41. The van der Waals surface area contributed by atoms with Crippen molar-refractivity contribution in [3.8, 4) is 0 Å². The minimum Gasteiger partial charge on any atom is -0.507 e. The number of aromatic nitrogens is 1. The van der Waals surface area contributed by atoms with Gasteiger partial charge in [0.15, 0.2) is 0 Å². The van der Waals surface area contributed by atoms with Gasteiger partial charge in [0.05, 0.1) is 11.6 Å². The number of hydrogen-bond donors (Lipinski definition) is 2. The van der Waals surface area contributed by atoms with Crippen LogP contribution in [0.15, 0.2) is 72.3 Å². The Morgan fingerprint density at radius 1 is 0.853 bits per heavy atom. The molecule has 4 aromatic rings. The number of aliphatic hydroxyl groups excluding tert-OH is 1. The Hall–Kier alpha value is -4.12. The van der Waals surface area contributed by atoms with Crippen LogP contribution in [0.3, 0.4) is 0 Å². The first-order valence-electron chi connectivity index (χ1n) is 11.3. The van der Waals surface area contributed by atoms with Crippen LogP contribution in [-0.2, 0) is 9.59 Å². The highest BCUT2D eigenvalue weighted by molar-refractivity contribution is 6.52. The first-order chi connectivity index (χ1) is 16.3. The zero-order valence-corrected chi connectivity index (χ0v) is 19.6. The molecule has 2 heterocycles. The van der Waals surface area contributed by atoms with Crippen LogP contribution >= 0.6 is 0 Å². The van der Waals surface area contributed by atoms with Crippen LogP contribution in [0.4, 0.5) is 5.69 Å². The molecule has 1 saturated heterocycles. The van der Waals surface area contributed by atoms with Crippen LogP contribution in [0.2, 0.25) is 0 Å². The number of nitrogens with one attached hydrogen (secondary N) is 1. The Bertz CT molecular complexity index is 1470. The van der Waals surface area contributed by atoms with Crippen molar-refractivity contribution in [3.05, 3.63) is 106 Å². The summed E-state index contributed by atoms with van der Waals surface area (Å²) in [4.78, 5) is 31.9. The predicted octanol–water partition coefficient (Wildman–Crippen LogP) is 6.03. The summed E-state index contributed by atoms with van der Waals surface area (Å²) >= 11 is 0. The quantitative estimate of drug-likeness (QED) is 0.227. The summed E-state index contributed by atoms with van der Waals surface area (Å²) in [5.41, 5.74) is 6.83. The number of H-pyrrole nitrogens is 1. The minimum atomic E-state index is -0.765. The van der Waals surface area contributed by atoms with Gasteiger partial charge in [-0.15, -0.1) is 0 Å². The maximum absolute atomic E-state index is 13.5. The number of aromatic amines is 1. The molecule has 0 saturated carbocycles. The second-order valence-electron chi connectivity index (χ2n) is 9.09. The van der Waals surface area contributed by atoms with Crippen LogP contribution in [-0.4, -0.2) is 21.8 Å². The van der Waals surface area contributed by atoms with Crippen molar-refractivity contribution >= 4 is 34.0 Å². The lowest BCUT2D eigenvalue weighted by atomic mass is 9.93. The molecule has 1 aromatic heterocycles. The number of amides is 1. The number of hydrogen-bond acceptors (Lipinski definition) is 3. The number of carbonyl (C=O) groups is 2. The van der Waals surface area contributed by atoms with Gasteiger partial charge in [0, 0.05) is 33.4 Å². The molecule has 170 valence electrons. The number of Topliss-reactive ketones (excluding diaryl/α,β-unsaturated/α-hetero) is 1. The summed E-state index contributed by atoms with van der Waals surface area (Å²) in [5.74, 6) is -1.50. The zero-order chi connectivity index (χ0) is 24.1. The molecule has 0 bridgehead atoms. The van der Waals surface area contributed by atoms with Crippen molar-refractivity contribution in [2.75, 3.05) is 4.90 Å². The summed E-state index contributed by atoms with van der Waals surface area (Å²) in [6.07, 6.45) is 0. The van der Waals surface area contributed by atoms with Crippen LogP contribution in [0.1, 0.15) is 39.6 Å². The van der Waals surface area contributed by atoms with Gasteiger partial charge in [-0.2, -0.15) is 0 Å². The number of benzene rings is 3. The second-order valence-corrected chi connectivity index (χ2v) is 9.09. The summed E-state index contributed by atoms with van der Waals surface area (Å²) in [6.45, 7) is 7.82. The summed E-state index contributed by atoms with van der Waals surface area (Å²) in [7, 11) is 0. The monoisotopic (exact) mass is 450 g/mol. The van der Waals surface area contributed by atoms with Gasteiger partial charge in [-0.25, -0.2) is 0 Å². The molecule has 5 nitrogen and oxygen atoms in total. The van der Waals surface area contributed by atoms with Gasteiger partial charge in [-0.1, -0.05) is 54.1 Å². The fraction of sp³-hybridized carbons (Fsp3) is 0.172. The predicted molar refractivity (Wildman–Crippen MR) is 135 cm³/mol. The van der Waals surface area contributed by atoms with Gasteiger partial charge in [0.25, 0.3) is 11.7 Å². The molecule has 1 unspecified atom stereocenters. The van der Waals surface area contributed by atoms with E-state index in [1.165, 1.54) is 4.90 Å². The highest BCUT2D eigenvalue weighted by atomic mass is 16.3. The van der Waals surface area contributed by atoms with Crippen LogP contribution < -0.4 is 4.90 Å². The van der Waals surface area contributed by atoms with Crippen molar-refractivity contribution in [1.82, 2.24) is 4.98 Å². The molecule has 34 heavy (non-hydrogen) atoms. The largest absolute Gasteiger partial charge is 0.507 e. The van der Waals surface area contributed by atoms with Crippen molar-refractivity contribution < 1.29 is 14.7 Å². The van der Waals surface area contributed by atoms with Crippen molar-refractivity contribution in [2.24, 2.45) is 0 Å². The number of anilines is 1. The third-order valence-electron chi connectivity index (χ3n) is 6.47. The lowest BCUT2D eigenvalue weighted by Crippen LogP contribution is -2.29. The van der Waals surface area contributed by atoms with E-state index in [2.05, 4.69) is 4.98 Å². The highest BCUT2D eigenvalue weighted by Crippen LogP contribution is 2.45. The molecule has 0 aliphatic carbocycles. The number of rotatable bonds is 3. The lowest BCUT2D eigenvalue weighted by Gasteiger charge is -2.26. The first-order valence-corrected chi connectivity index (χ1v) is 11.3. The van der Waals surface area contributed by atoms with Gasteiger partial charge in [0.1, 0.15) is 5.76 Å². The Morgan fingerprint density at radius 2 is 1.50 bits per heavy atom. The topological polar surface area (TPSA) is 73.4 Å². The van der Waals surface area contributed by atoms with E-state index in [1.807, 2.05) is 82.3 Å². The summed E-state index contributed by atoms with van der Waals surface area (Å²) in [6, 6.07) is 20.2. The molecule has 1 fully saturated rings. The fourth-order valence-corrected chi connectivity index (χ4v) is 4.98. The van der Waals surface area contributed by atoms with Gasteiger partial charge in [-0.3, -0.25) is 14.5 Å². The molecule has 0 radical (unpaired) electrons. The normalized spacial score (nSPS) is 17.6. The van der Waals surface area contributed by atoms with Crippen molar-refractivity contribution in [2.45, 2.75) is 33.7 Å². The van der Waals surface area contributed by atoms with Crippen LogP contribution in [0.25, 0.3) is 16.7 Å². The molecule has 3 aromatic carbocycles. The van der Waals surface area contributed by atoms with Gasteiger partial charge < -0.3 is 10.1 Å². The van der Waals surface area contributed by atoms with E-state index in [9.17, 15) is 14.7 Å². The maximum atomic E-state index is 13.5. The average Bonchev–Trinajstić information content (AvgIpc) is 3.25. The van der Waals surface area contributed by atoms with Crippen LogP contribution in [0.5, 0.6) is 0 Å². The van der Waals surface area contributed by atoms with Gasteiger partial charge in [-0.05, 0) is 57.0 Å². The van der Waals surface area contributed by atoms with E-state index in [-0.39, 0.29) is 11.3 Å². The third-order valence-corrected chi connectivity index (χ3v) is 6.47. The number of nitrogens with zero attached hydrogens (tertiary/aromatic N) is 1. The van der Waals surface area contributed by atoms with Crippen LogP contribution in [0, 0.1) is 27.7 Å². The zero-order valence-electron chi connectivity index (χ0n) is 19.6. The molecule has 1 atom stereocenters. The Morgan fingerprint density at radius 3 is 2.18 bits per heavy atom. The van der Waals surface area contributed by atoms with Crippen molar-refractivity contribution in [3.63, 3.8) is 0 Å². The minimum absolute atomic E-state index is 0.0980. The van der Waals surface area contributed by atoms with Gasteiger partial charge >= 0.3 is 0 Å². The van der Waals surface area contributed by atoms with E-state index >= 15 is 0 Å². The van der Waals surface area contributed by atoms with E-state index in [1.54, 1.807) is 12.1 Å². The highest BCUT2D eigenvalue weighted by Gasteiger charge is 2.48. The van der Waals surface area contributed by atoms with E-state index < -0.39 is 17.7 Å². The smallest absolute Gasteiger partial charge is 0.300 e. The number of fused-ring (bicyclic) bond motifs is 1. The molecular weight excluding hydrogens is 424 g/mol. The van der Waals surface area contributed by atoms with Crippen molar-refractivity contribution in [1.29, 1.82) is 0 Å². The molecule has 1 amide bonds. The lowest BCUT2D eigenvalue weighted by molar-refractivity contribution is -0.132. The number of aliphatic hydroxyl groups is 1. The Labute approximate surface area is 198 Å². The molecular formula is C29H26N2O3. The number of aryl methyl sites for hydroxylation is 4. The average molecular weight is 451 g/mol. The Balaban J connectivity index is 1.83. The molecule has 2 N–H and O–H groups in total. The van der Waals surface area contributed by atoms with E-state index in [4.69, 9.17) is 0 Å². The standard InChI is InChI=1S/C29H26N2O3/c1-16-9-11-20(12-10-16)27(32)25-26(24-19(4)30-23-8-6-5-7-22(23)24)31(29(34)28(25)33)21-14-17(2)13-18(3)15-21/h5-15,26,30,32H,1-4H3/b27-25+.